The predicted octanol–water partition coefficient (Wildman–Crippen LogP) is 1.87. The topological polar surface area (TPSA) is 89.8 Å². The summed E-state index contributed by atoms with van der Waals surface area (Å²) in [6, 6.07) is 1.56. The van der Waals surface area contributed by atoms with Gasteiger partial charge in [0.2, 0.25) is 5.95 Å². The number of rotatable bonds is 3. The molecule has 1 aromatic carbocycles. The monoisotopic (exact) mass is 367 g/mol. The maximum Gasteiger partial charge on any atom is 0.417 e. The lowest BCUT2D eigenvalue weighted by Gasteiger charge is -2.15. The van der Waals surface area contributed by atoms with Gasteiger partial charge >= 0.3 is 6.18 Å². The summed E-state index contributed by atoms with van der Waals surface area (Å²) in [5, 5.41) is 12.1. The second-order valence-corrected chi connectivity index (χ2v) is 6.03. The maximum absolute atomic E-state index is 13.0. The Kier molecular flexibility index (Phi) is 4.71. The molecule has 0 aliphatic heterocycles. The van der Waals surface area contributed by atoms with Crippen molar-refractivity contribution in [2.45, 2.75) is 11.1 Å². The van der Waals surface area contributed by atoms with Crippen molar-refractivity contribution in [2.75, 3.05) is 11.6 Å². The number of nitrogens with zero attached hydrogens (tertiary/aromatic N) is 4. The molecule has 0 spiro atoms. The van der Waals surface area contributed by atoms with E-state index in [1.807, 2.05) is 0 Å². The van der Waals surface area contributed by atoms with Gasteiger partial charge in [-0.3, -0.25) is 14.3 Å². The van der Waals surface area contributed by atoms with E-state index in [2.05, 4.69) is 20.8 Å². The summed E-state index contributed by atoms with van der Waals surface area (Å²) in [7, 11) is -0.591. The van der Waals surface area contributed by atoms with Gasteiger partial charge in [-0.25, -0.2) is 4.68 Å². The number of amides is 1. The molecule has 0 saturated heterocycles. The largest absolute Gasteiger partial charge is 0.417 e. The summed E-state index contributed by atoms with van der Waals surface area (Å²) >= 11 is 5.88. The fourth-order valence-electron chi connectivity index (χ4n) is 1.74. The Labute approximate surface area is 135 Å². The number of aromatic nitrogens is 4. The quantitative estimate of drug-likeness (QED) is 0.894. The minimum atomic E-state index is -4.74. The highest BCUT2D eigenvalue weighted by Gasteiger charge is 2.36. The van der Waals surface area contributed by atoms with Crippen LogP contribution in [0.3, 0.4) is 0 Å². The van der Waals surface area contributed by atoms with Crippen molar-refractivity contribution in [3.63, 3.8) is 0 Å². The third-order valence-electron chi connectivity index (χ3n) is 2.78. The van der Waals surface area contributed by atoms with E-state index in [1.54, 1.807) is 0 Å². The zero-order valence-electron chi connectivity index (χ0n) is 11.7. The van der Waals surface area contributed by atoms with Crippen LogP contribution in [0.5, 0.6) is 0 Å². The van der Waals surface area contributed by atoms with E-state index in [1.165, 1.54) is 7.05 Å². The standard InChI is InChI=1S/C11H9ClF3N5O2S/c1-20-10(17-18-19-20)16-9(21)5-3-4-6(11(13,14)15)8(7(5)12)23(2)22/h3-4H,1-2H3,(H,16,17,19,21). The number of anilines is 1. The first-order valence-electron chi connectivity index (χ1n) is 5.89. The van der Waals surface area contributed by atoms with Gasteiger partial charge in [0.1, 0.15) is 0 Å². The summed E-state index contributed by atoms with van der Waals surface area (Å²) in [4.78, 5) is 11.5. The summed E-state index contributed by atoms with van der Waals surface area (Å²) in [6.45, 7) is 0. The van der Waals surface area contributed by atoms with Crippen LogP contribution in [-0.4, -0.2) is 36.6 Å². The Hall–Kier alpha value is -2.01. The number of benzene rings is 1. The van der Waals surface area contributed by atoms with E-state index in [9.17, 15) is 22.2 Å². The molecule has 2 aromatic rings. The average Bonchev–Trinajstić information content (AvgIpc) is 2.82. The predicted molar refractivity (Wildman–Crippen MR) is 75.5 cm³/mol. The molecule has 0 aliphatic carbocycles. The highest BCUT2D eigenvalue weighted by molar-refractivity contribution is 7.84. The first-order valence-corrected chi connectivity index (χ1v) is 7.83. The van der Waals surface area contributed by atoms with Crippen LogP contribution in [0, 0.1) is 0 Å². The minimum absolute atomic E-state index is 0.0230. The number of halogens is 4. The van der Waals surface area contributed by atoms with Crippen molar-refractivity contribution in [3.8, 4) is 0 Å². The molecule has 0 saturated carbocycles. The Morgan fingerprint density at radius 2 is 2.04 bits per heavy atom. The van der Waals surface area contributed by atoms with E-state index in [-0.39, 0.29) is 11.5 Å². The summed E-state index contributed by atoms with van der Waals surface area (Å²) in [6.07, 6.45) is -3.70. The van der Waals surface area contributed by atoms with Crippen molar-refractivity contribution in [1.29, 1.82) is 0 Å². The van der Waals surface area contributed by atoms with Crippen LogP contribution in [0.1, 0.15) is 15.9 Å². The van der Waals surface area contributed by atoms with Gasteiger partial charge in [0, 0.05) is 13.3 Å². The van der Waals surface area contributed by atoms with Crippen LogP contribution in [0.25, 0.3) is 0 Å². The lowest BCUT2D eigenvalue weighted by Crippen LogP contribution is -2.18. The maximum atomic E-state index is 13.0. The van der Waals surface area contributed by atoms with E-state index in [4.69, 9.17) is 11.6 Å². The third kappa shape index (κ3) is 3.50. The highest BCUT2D eigenvalue weighted by atomic mass is 35.5. The molecule has 1 heterocycles. The lowest BCUT2D eigenvalue weighted by molar-refractivity contribution is -0.139. The molecule has 124 valence electrons. The molecular formula is C11H9ClF3N5O2S. The van der Waals surface area contributed by atoms with Crippen LogP contribution in [0.4, 0.5) is 19.1 Å². The van der Waals surface area contributed by atoms with Gasteiger partial charge in [-0.05, 0) is 22.6 Å². The highest BCUT2D eigenvalue weighted by Crippen LogP contribution is 2.38. The van der Waals surface area contributed by atoms with Gasteiger partial charge in [0.25, 0.3) is 5.91 Å². The normalized spacial score (nSPS) is 13.0. The Balaban J connectivity index is 2.48. The van der Waals surface area contributed by atoms with Crippen molar-refractivity contribution in [3.05, 3.63) is 28.3 Å². The number of hydrogen-bond donors (Lipinski definition) is 1. The molecule has 0 radical (unpaired) electrons. The molecule has 0 aliphatic rings. The second kappa shape index (κ2) is 6.24. The van der Waals surface area contributed by atoms with E-state index in [0.717, 1.165) is 17.0 Å². The van der Waals surface area contributed by atoms with Gasteiger partial charge in [0.15, 0.2) is 0 Å². The van der Waals surface area contributed by atoms with Crippen LogP contribution in [0.2, 0.25) is 5.02 Å². The van der Waals surface area contributed by atoms with Gasteiger partial charge in [-0.2, -0.15) is 13.2 Å². The Morgan fingerprint density at radius 3 is 2.52 bits per heavy atom. The van der Waals surface area contributed by atoms with Gasteiger partial charge in [-0.15, -0.1) is 0 Å². The first kappa shape index (κ1) is 17.3. The molecule has 1 aromatic heterocycles. The number of aryl methyl sites for hydroxylation is 1. The SMILES string of the molecule is Cn1nnnc1NC(=O)c1ccc(C(F)(F)F)c(S(C)=O)c1Cl. The molecule has 1 amide bonds. The number of tetrazole rings is 1. The van der Waals surface area contributed by atoms with Gasteiger partial charge in [-0.1, -0.05) is 16.7 Å². The third-order valence-corrected chi connectivity index (χ3v) is 4.28. The molecular weight excluding hydrogens is 359 g/mol. The summed E-state index contributed by atoms with van der Waals surface area (Å²) < 4.78 is 51.7. The van der Waals surface area contributed by atoms with Crippen LogP contribution < -0.4 is 5.32 Å². The number of hydrogen-bond acceptors (Lipinski definition) is 5. The summed E-state index contributed by atoms with van der Waals surface area (Å²) in [5.41, 5.74) is -1.42. The molecule has 12 heteroatoms. The van der Waals surface area contributed by atoms with Crippen molar-refractivity contribution >= 4 is 34.3 Å². The number of alkyl halides is 3. The molecule has 23 heavy (non-hydrogen) atoms. The molecule has 1 atom stereocenters. The minimum Gasteiger partial charge on any atom is -0.289 e. The van der Waals surface area contributed by atoms with E-state index in [0.29, 0.717) is 6.07 Å². The molecule has 0 fully saturated rings. The molecule has 0 bridgehead atoms. The van der Waals surface area contributed by atoms with Crippen LogP contribution >= 0.6 is 11.6 Å². The van der Waals surface area contributed by atoms with Gasteiger partial charge in [0.05, 0.1) is 31.8 Å². The fourth-order valence-corrected chi connectivity index (χ4v) is 3.17. The zero-order chi connectivity index (χ0) is 17.4. The molecule has 1 unspecified atom stereocenters. The smallest absolute Gasteiger partial charge is 0.289 e. The van der Waals surface area contributed by atoms with Gasteiger partial charge < -0.3 is 0 Å². The summed E-state index contributed by atoms with van der Waals surface area (Å²) in [5.74, 6) is -0.849. The Morgan fingerprint density at radius 1 is 1.39 bits per heavy atom. The van der Waals surface area contributed by atoms with E-state index < -0.39 is 38.4 Å². The lowest BCUT2D eigenvalue weighted by atomic mass is 10.1. The average molecular weight is 368 g/mol. The zero-order valence-corrected chi connectivity index (χ0v) is 13.3. The molecule has 1 N–H and O–H groups in total. The van der Waals surface area contributed by atoms with Crippen molar-refractivity contribution in [2.24, 2.45) is 7.05 Å². The van der Waals surface area contributed by atoms with Crippen LogP contribution in [0.15, 0.2) is 17.0 Å². The second-order valence-electron chi connectivity index (χ2n) is 4.34. The molecule has 2 rings (SSSR count). The number of carbonyl (C=O) groups excluding carboxylic acids is 1. The number of nitrogens with one attached hydrogen (secondary N) is 1. The molecule has 7 nitrogen and oxygen atoms in total. The van der Waals surface area contributed by atoms with Crippen molar-refractivity contribution in [1.82, 2.24) is 20.2 Å². The first-order chi connectivity index (χ1) is 10.6. The fraction of sp³-hybridized carbons (Fsp3) is 0.273. The Bertz CT molecular complexity index is 792. The van der Waals surface area contributed by atoms with Crippen LogP contribution in [-0.2, 0) is 24.0 Å². The van der Waals surface area contributed by atoms with Crippen molar-refractivity contribution < 1.29 is 22.2 Å². The van der Waals surface area contributed by atoms with E-state index >= 15 is 0 Å². The number of carbonyl (C=O) groups is 1.